The first-order chi connectivity index (χ1) is 10.3. The number of nitrogens with one attached hydrogen (secondary N) is 1. The predicted molar refractivity (Wildman–Crippen MR) is 84.8 cm³/mol. The van der Waals surface area contributed by atoms with Gasteiger partial charge in [0.05, 0.1) is 23.6 Å². The Morgan fingerprint density at radius 1 is 1.10 bits per heavy atom. The van der Waals surface area contributed by atoms with Crippen molar-refractivity contribution in [2.24, 2.45) is 0 Å². The number of pyridine rings is 2. The standard InChI is InChI=1S/C17H17N3O/c1-2-7-19-14-9-16(12-18-11-14)21-15-6-5-13-4-3-8-20-17(13)10-15/h3-6,8-12,19H,2,7H2,1H3. The summed E-state index contributed by atoms with van der Waals surface area (Å²) in [5.74, 6) is 1.47. The van der Waals surface area contributed by atoms with Crippen LogP contribution in [-0.2, 0) is 0 Å². The summed E-state index contributed by atoms with van der Waals surface area (Å²) in [5.41, 5.74) is 1.89. The van der Waals surface area contributed by atoms with Crippen LogP contribution in [0.2, 0.25) is 0 Å². The molecule has 0 saturated heterocycles. The summed E-state index contributed by atoms with van der Waals surface area (Å²) in [6.07, 6.45) is 6.36. The van der Waals surface area contributed by atoms with Gasteiger partial charge >= 0.3 is 0 Å². The third-order valence-corrected chi connectivity index (χ3v) is 3.11. The van der Waals surface area contributed by atoms with E-state index in [1.54, 1.807) is 18.6 Å². The molecule has 0 aliphatic heterocycles. The zero-order valence-electron chi connectivity index (χ0n) is 11.9. The summed E-state index contributed by atoms with van der Waals surface area (Å²) in [6, 6.07) is 11.8. The number of rotatable bonds is 5. The molecule has 21 heavy (non-hydrogen) atoms. The predicted octanol–water partition coefficient (Wildman–Crippen LogP) is 4.24. The van der Waals surface area contributed by atoms with Crippen LogP contribution in [-0.4, -0.2) is 16.5 Å². The molecule has 0 spiro atoms. The lowest BCUT2D eigenvalue weighted by molar-refractivity contribution is 0.481. The Balaban J connectivity index is 1.81. The van der Waals surface area contributed by atoms with Gasteiger partial charge in [-0.05, 0) is 24.6 Å². The van der Waals surface area contributed by atoms with Crippen molar-refractivity contribution >= 4 is 16.6 Å². The molecule has 0 aliphatic carbocycles. The van der Waals surface area contributed by atoms with Crippen LogP contribution in [0.1, 0.15) is 13.3 Å². The third kappa shape index (κ3) is 3.28. The Hall–Kier alpha value is -2.62. The van der Waals surface area contributed by atoms with E-state index in [0.717, 1.165) is 35.3 Å². The van der Waals surface area contributed by atoms with E-state index in [4.69, 9.17) is 4.74 Å². The number of hydrogen-bond acceptors (Lipinski definition) is 4. The van der Waals surface area contributed by atoms with Crippen molar-refractivity contribution in [3.05, 3.63) is 55.0 Å². The van der Waals surface area contributed by atoms with Crippen molar-refractivity contribution in [1.29, 1.82) is 0 Å². The van der Waals surface area contributed by atoms with Gasteiger partial charge < -0.3 is 10.1 Å². The second kappa shape index (κ2) is 6.22. The van der Waals surface area contributed by atoms with Gasteiger partial charge in [-0.25, -0.2) is 0 Å². The lowest BCUT2D eigenvalue weighted by atomic mass is 10.2. The van der Waals surface area contributed by atoms with E-state index in [0.29, 0.717) is 5.75 Å². The lowest BCUT2D eigenvalue weighted by Gasteiger charge is -2.09. The van der Waals surface area contributed by atoms with Gasteiger partial charge in [-0.2, -0.15) is 0 Å². The number of benzene rings is 1. The normalized spacial score (nSPS) is 10.5. The van der Waals surface area contributed by atoms with Crippen LogP contribution < -0.4 is 10.1 Å². The second-order valence-corrected chi connectivity index (χ2v) is 4.80. The Morgan fingerprint density at radius 2 is 2.05 bits per heavy atom. The fraction of sp³-hybridized carbons (Fsp3) is 0.176. The molecule has 3 rings (SSSR count). The van der Waals surface area contributed by atoms with Gasteiger partial charge in [0.1, 0.15) is 11.5 Å². The molecular weight excluding hydrogens is 262 g/mol. The van der Waals surface area contributed by atoms with Crippen molar-refractivity contribution in [2.45, 2.75) is 13.3 Å². The Kier molecular flexibility index (Phi) is 3.96. The third-order valence-electron chi connectivity index (χ3n) is 3.11. The van der Waals surface area contributed by atoms with Gasteiger partial charge in [-0.1, -0.05) is 13.0 Å². The lowest BCUT2D eigenvalue weighted by Crippen LogP contribution is -2.00. The van der Waals surface area contributed by atoms with Crippen molar-refractivity contribution in [2.75, 3.05) is 11.9 Å². The summed E-state index contributed by atoms with van der Waals surface area (Å²) < 4.78 is 5.86. The SMILES string of the molecule is CCCNc1cncc(Oc2ccc3cccnc3c2)c1. The molecular formula is C17H17N3O. The highest BCUT2D eigenvalue weighted by Crippen LogP contribution is 2.25. The maximum atomic E-state index is 5.86. The van der Waals surface area contributed by atoms with Crippen LogP contribution in [0.25, 0.3) is 10.9 Å². The maximum Gasteiger partial charge on any atom is 0.147 e. The van der Waals surface area contributed by atoms with E-state index < -0.39 is 0 Å². The van der Waals surface area contributed by atoms with Crippen LogP contribution >= 0.6 is 0 Å². The molecule has 4 nitrogen and oxygen atoms in total. The largest absolute Gasteiger partial charge is 0.456 e. The fourth-order valence-electron chi connectivity index (χ4n) is 2.09. The van der Waals surface area contributed by atoms with Crippen LogP contribution in [0, 0.1) is 0 Å². The average molecular weight is 279 g/mol. The molecule has 0 fully saturated rings. The number of hydrogen-bond donors (Lipinski definition) is 1. The van der Waals surface area contributed by atoms with Crippen molar-refractivity contribution in [3.8, 4) is 11.5 Å². The van der Waals surface area contributed by atoms with E-state index >= 15 is 0 Å². The van der Waals surface area contributed by atoms with Gasteiger partial charge in [0.25, 0.3) is 0 Å². The first kappa shape index (κ1) is 13.4. The first-order valence-corrected chi connectivity index (χ1v) is 7.07. The number of fused-ring (bicyclic) bond motifs is 1. The summed E-state index contributed by atoms with van der Waals surface area (Å²) in [5, 5.41) is 4.39. The number of ether oxygens (including phenoxy) is 1. The average Bonchev–Trinajstić information content (AvgIpc) is 2.53. The molecule has 0 atom stereocenters. The molecule has 2 aromatic heterocycles. The molecule has 1 aromatic carbocycles. The molecule has 2 heterocycles. The summed E-state index contributed by atoms with van der Waals surface area (Å²) in [7, 11) is 0. The smallest absolute Gasteiger partial charge is 0.147 e. The first-order valence-electron chi connectivity index (χ1n) is 7.07. The molecule has 4 heteroatoms. The van der Waals surface area contributed by atoms with Crippen molar-refractivity contribution in [3.63, 3.8) is 0 Å². The highest BCUT2D eigenvalue weighted by Gasteiger charge is 2.02. The quantitative estimate of drug-likeness (QED) is 0.758. The molecule has 0 saturated carbocycles. The number of nitrogens with zero attached hydrogens (tertiary/aromatic N) is 2. The van der Waals surface area contributed by atoms with Gasteiger partial charge in [-0.3, -0.25) is 9.97 Å². The Bertz CT molecular complexity index is 743. The minimum absolute atomic E-state index is 0.714. The van der Waals surface area contributed by atoms with Gasteiger partial charge in [0.15, 0.2) is 0 Å². The zero-order valence-corrected chi connectivity index (χ0v) is 11.9. The zero-order chi connectivity index (χ0) is 14.5. The van der Waals surface area contributed by atoms with E-state index in [2.05, 4.69) is 22.2 Å². The minimum Gasteiger partial charge on any atom is -0.456 e. The molecule has 1 N–H and O–H groups in total. The number of anilines is 1. The van der Waals surface area contributed by atoms with Crippen LogP contribution in [0.4, 0.5) is 5.69 Å². The molecule has 0 amide bonds. The highest BCUT2D eigenvalue weighted by atomic mass is 16.5. The van der Waals surface area contributed by atoms with Crippen LogP contribution in [0.5, 0.6) is 11.5 Å². The van der Waals surface area contributed by atoms with Crippen molar-refractivity contribution < 1.29 is 4.74 Å². The molecule has 0 radical (unpaired) electrons. The van der Waals surface area contributed by atoms with E-state index in [-0.39, 0.29) is 0 Å². The van der Waals surface area contributed by atoms with Crippen LogP contribution in [0.15, 0.2) is 55.0 Å². The highest BCUT2D eigenvalue weighted by molar-refractivity contribution is 5.79. The summed E-state index contributed by atoms with van der Waals surface area (Å²) in [4.78, 5) is 8.53. The summed E-state index contributed by atoms with van der Waals surface area (Å²) >= 11 is 0. The van der Waals surface area contributed by atoms with Gasteiger partial charge in [-0.15, -0.1) is 0 Å². The van der Waals surface area contributed by atoms with E-state index in [9.17, 15) is 0 Å². The maximum absolute atomic E-state index is 5.86. The van der Waals surface area contributed by atoms with Gasteiger partial charge in [0.2, 0.25) is 0 Å². The topological polar surface area (TPSA) is 47.0 Å². The van der Waals surface area contributed by atoms with E-state index in [1.165, 1.54) is 0 Å². The fourth-order valence-corrected chi connectivity index (χ4v) is 2.09. The Labute approximate surface area is 123 Å². The molecule has 0 aliphatic rings. The summed E-state index contributed by atoms with van der Waals surface area (Å²) in [6.45, 7) is 3.05. The monoisotopic (exact) mass is 279 g/mol. The van der Waals surface area contributed by atoms with E-state index in [1.807, 2.05) is 36.4 Å². The second-order valence-electron chi connectivity index (χ2n) is 4.80. The molecule has 106 valence electrons. The van der Waals surface area contributed by atoms with Gasteiger partial charge in [0, 0.05) is 30.3 Å². The number of aromatic nitrogens is 2. The van der Waals surface area contributed by atoms with Crippen LogP contribution in [0.3, 0.4) is 0 Å². The Morgan fingerprint density at radius 3 is 2.95 bits per heavy atom. The van der Waals surface area contributed by atoms with Crippen molar-refractivity contribution in [1.82, 2.24) is 9.97 Å². The molecule has 0 unspecified atom stereocenters. The molecule has 3 aromatic rings. The molecule has 0 bridgehead atoms. The minimum atomic E-state index is 0.714.